The third kappa shape index (κ3) is 5.40. The average molecular weight is 482 g/mol. The number of esters is 1. The van der Waals surface area contributed by atoms with Crippen LogP contribution < -0.4 is 10.6 Å². The lowest BCUT2D eigenvalue weighted by Crippen LogP contribution is -2.61. The molecule has 2 N–H and O–H groups in total. The number of rotatable bonds is 5. The predicted molar refractivity (Wildman–Crippen MR) is 134 cm³/mol. The van der Waals surface area contributed by atoms with Crippen LogP contribution in [-0.4, -0.2) is 53.5 Å². The van der Waals surface area contributed by atoms with Crippen molar-refractivity contribution in [1.29, 1.82) is 0 Å². The molecule has 0 spiro atoms. The zero-order chi connectivity index (χ0) is 24.4. The summed E-state index contributed by atoms with van der Waals surface area (Å²) in [5.74, 6) is -0.172. The maximum atomic E-state index is 13.3. The lowest BCUT2D eigenvalue weighted by molar-refractivity contribution is -0.152. The summed E-state index contributed by atoms with van der Waals surface area (Å²) in [6, 6.07) is 8.80. The molecule has 0 radical (unpaired) electrons. The highest BCUT2D eigenvalue weighted by molar-refractivity contribution is 6.37. The van der Waals surface area contributed by atoms with Crippen LogP contribution >= 0.6 is 0 Å². The minimum absolute atomic E-state index is 0.123. The molecule has 2 aliphatic carbocycles. The fourth-order valence-electron chi connectivity index (χ4n) is 7.49. The SMILES string of the molecule is CCOC(=O)C(=O)Nc1ccccc1C(=O)N[C@H]1C[C@H]2CCC[C@@H](C1)N2C1C[C@H]2CCC[C@@H](C1)C2. The van der Waals surface area contributed by atoms with Gasteiger partial charge in [-0.25, -0.2) is 4.79 Å². The molecule has 2 amide bonds. The van der Waals surface area contributed by atoms with Gasteiger partial charge in [0, 0.05) is 24.2 Å². The standard InChI is InChI=1S/C28H39N3O4/c1-2-35-28(34)27(33)30-25-12-4-3-11-24(25)26(32)29-20-16-21-9-6-10-22(17-20)31(21)23-14-18-7-5-8-19(13-18)15-23/h3-4,11-12,18-23H,2,5-10,13-17H2,1H3,(H,29,32)(H,30,33)/t18-,19+,20-,21+,22-,23?. The Morgan fingerprint density at radius 2 is 1.54 bits per heavy atom. The van der Waals surface area contributed by atoms with Crippen molar-refractivity contribution in [2.75, 3.05) is 11.9 Å². The van der Waals surface area contributed by atoms with E-state index >= 15 is 0 Å². The normalized spacial score (nSPS) is 32.4. The highest BCUT2D eigenvalue weighted by Crippen LogP contribution is 2.45. The molecule has 2 saturated carbocycles. The Kier molecular flexibility index (Phi) is 7.42. The van der Waals surface area contributed by atoms with Crippen LogP contribution in [0.2, 0.25) is 0 Å². The molecule has 2 saturated heterocycles. The molecule has 1 unspecified atom stereocenters. The third-order valence-electron chi connectivity index (χ3n) is 8.77. The Labute approximate surface area is 208 Å². The van der Waals surface area contributed by atoms with Crippen molar-refractivity contribution < 1.29 is 19.1 Å². The fourth-order valence-corrected chi connectivity index (χ4v) is 7.49. The molecule has 1 aromatic rings. The Bertz CT molecular complexity index is 924. The summed E-state index contributed by atoms with van der Waals surface area (Å²) in [6.07, 6.45) is 14.2. The van der Waals surface area contributed by atoms with E-state index in [1.54, 1.807) is 31.2 Å². The molecule has 190 valence electrons. The monoisotopic (exact) mass is 481 g/mol. The maximum absolute atomic E-state index is 13.3. The van der Waals surface area contributed by atoms with Crippen LogP contribution in [0.1, 0.15) is 87.9 Å². The van der Waals surface area contributed by atoms with E-state index in [2.05, 4.69) is 15.5 Å². The van der Waals surface area contributed by atoms with Crippen LogP contribution in [0.15, 0.2) is 24.3 Å². The van der Waals surface area contributed by atoms with Crippen molar-refractivity contribution in [3.8, 4) is 0 Å². The number of carbonyl (C=O) groups excluding carboxylic acids is 3. The zero-order valence-electron chi connectivity index (χ0n) is 20.8. The van der Waals surface area contributed by atoms with E-state index in [4.69, 9.17) is 4.74 Å². The summed E-state index contributed by atoms with van der Waals surface area (Å²) in [6.45, 7) is 1.77. The maximum Gasteiger partial charge on any atom is 0.397 e. The highest BCUT2D eigenvalue weighted by Gasteiger charge is 2.45. The quantitative estimate of drug-likeness (QED) is 0.484. The van der Waals surface area contributed by atoms with Crippen molar-refractivity contribution >= 4 is 23.5 Å². The molecule has 4 bridgehead atoms. The van der Waals surface area contributed by atoms with E-state index in [1.807, 2.05) is 0 Å². The van der Waals surface area contributed by atoms with Crippen LogP contribution in [0.25, 0.3) is 0 Å². The lowest BCUT2D eigenvalue weighted by atomic mass is 9.68. The van der Waals surface area contributed by atoms with E-state index in [-0.39, 0.29) is 18.6 Å². The number of hydrogen-bond acceptors (Lipinski definition) is 5. The van der Waals surface area contributed by atoms with Gasteiger partial charge in [0.1, 0.15) is 0 Å². The van der Waals surface area contributed by atoms with E-state index in [0.717, 1.165) is 30.7 Å². The van der Waals surface area contributed by atoms with Gasteiger partial charge in [0.25, 0.3) is 5.91 Å². The number of para-hydroxylation sites is 1. The van der Waals surface area contributed by atoms with Gasteiger partial charge in [-0.1, -0.05) is 37.8 Å². The molecule has 5 rings (SSSR count). The van der Waals surface area contributed by atoms with E-state index < -0.39 is 11.9 Å². The largest absolute Gasteiger partial charge is 0.459 e. The van der Waals surface area contributed by atoms with E-state index in [1.165, 1.54) is 57.8 Å². The Hall–Kier alpha value is -2.41. The number of piperidine rings is 2. The highest BCUT2D eigenvalue weighted by atomic mass is 16.5. The molecular weight excluding hydrogens is 442 g/mol. The van der Waals surface area contributed by atoms with Gasteiger partial charge in [-0.05, 0) is 75.8 Å². The van der Waals surface area contributed by atoms with Crippen molar-refractivity contribution in [2.24, 2.45) is 11.8 Å². The smallest absolute Gasteiger partial charge is 0.397 e. The lowest BCUT2D eigenvalue weighted by Gasteiger charge is -2.55. The first-order valence-electron chi connectivity index (χ1n) is 13.7. The molecule has 6 atom stereocenters. The summed E-state index contributed by atoms with van der Waals surface area (Å²) in [7, 11) is 0. The van der Waals surface area contributed by atoms with Gasteiger partial charge in [-0.15, -0.1) is 0 Å². The second-order valence-corrected chi connectivity index (χ2v) is 11.1. The number of benzene rings is 1. The zero-order valence-corrected chi connectivity index (χ0v) is 20.8. The topological polar surface area (TPSA) is 87.7 Å². The number of fused-ring (bicyclic) bond motifs is 4. The minimum Gasteiger partial charge on any atom is -0.459 e. The van der Waals surface area contributed by atoms with Gasteiger partial charge in [0.15, 0.2) is 0 Å². The van der Waals surface area contributed by atoms with Crippen molar-refractivity contribution in [3.05, 3.63) is 29.8 Å². The number of amides is 2. The first-order chi connectivity index (χ1) is 17.0. The summed E-state index contributed by atoms with van der Waals surface area (Å²) in [4.78, 5) is 40.0. The van der Waals surface area contributed by atoms with Crippen LogP contribution in [0.4, 0.5) is 5.69 Å². The first kappa shape index (κ1) is 24.3. The van der Waals surface area contributed by atoms with Gasteiger partial charge in [-0.3, -0.25) is 14.5 Å². The van der Waals surface area contributed by atoms with Gasteiger partial charge >= 0.3 is 11.9 Å². The molecule has 1 aromatic carbocycles. The molecule has 2 aliphatic heterocycles. The molecule has 35 heavy (non-hydrogen) atoms. The van der Waals surface area contributed by atoms with Gasteiger partial charge in [-0.2, -0.15) is 0 Å². The van der Waals surface area contributed by atoms with Gasteiger partial charge in [0.05, 0.1) is 17.9 Å². The number of carbonyl (C=O) groups is 3. The number of ether oxygens (including phenoxy) is 1. The van der Waals surface area contributed by atoms with E-state index in [0.29, 0.717) is 23.3 Å². The van der Waals surface area contributed by atoms with Crippen LogP contribution in [0.5, 0.6) is 0 Å². The molecule has 7 nitrogen and oxygen atoms in total. The van der Waals surface area contributed by atoms with Crippen LogP contribution in [-0.2, 0) is 14.3 Å². The van der Waals surface area contributed by atoms with Gasteiger partial charge in [0.2, 0.25) is 0 Å². The third-order valence-corrected chi connectivity index (χ3v) is 8.77. The number of nitrogens with one attached hydrogen (secondary N) is 2. The molecule has 4 aliphatic rings. The number of anilines is 1. The summed E-state index contributed by atoms with van der Waals surface area (Å²) < 4.78 is 4.77. The number of nitrogens with zero attached hydrogens (tertiary/aromatic N) is 1. The molecule has 4 fully saturated rings. The second kappa shape index (κ2) is 10.7. The second-order valence-electron chi connectivity index (χ2n) is 11.1. The molecule has 7 heteroatoms. The summed E-state index contributed by atoms with van der Waals surface area (Å²) in [5, 5.41) is 5.80. The molecular formula is C28H39N3O4. The molecule has 2 heterocycles. The van der Waals surface area contributed by atoms with E-state index in [9.17, 15) is 14.4 Å². The van der Waals surface area contributed by atoms with Crippen molar-refractivity contribution in [3.63, 3.8) is 0 Å². The average Bonchev–Trinajstić information content (AvgIpc) is 2.83. The summed E-state index contributed by atoms with van der Waals surface area (Å²) >= 11 is 0. The van der Waals surface area contributed by atoms with Crippen LogP contribution in [0.3, 0.4) is 0 Å². The Morgan fingerprint density at radius 1 is 0.886 bits per heavy atom. The predicted octanol–water partition coefficient (Wildman–Crippen LogP) is 4.27. The van der Waals surface area contributed by atoms with Crippen molar-refractivity contribution in [2.45, 2.75) is 102 Å². The Morgan fingerprint density at radius 3 is 2.23 bits per heavy atom. The fraction of sp³-hybridized carbons (Fsp3) is 0.679. The summed E-state index contributed by atoms with van der Waals surface area (Å²) in [5.41, 5.74) is 0.701. The number of hydrogen-bond donors (Lipinski definition) is 2. The van der Waals surface area contributed by atoms with Crippen LogP contribution in [0, 0.1) is 11.8 Å². The minimum atomic E-state index is -0.949. The first-order valence-corrected chi connectivity index (χ1v) is 13.7. The van der Waals surface area contributed by atoms with Crippen molar-refractivity contribution in [1.82, 2.24) is 10.2 Å². The van der Waals surface area contributed by atoms with Gasteiger partial charge < -0.3 is 15.4 Å². The Balaban J connectivity index is 1.23. The molecule has 0 aromatic heterocycles.